The largest absolute Gasteiger partial charge is 0.468 e. The van der Waals surface area contributed by atoms with Crippen LogP contribution in [0.1, 0.15) is 18.5 Å². The number of hydrogen-bond acceptors (Lipinski definition) is 4. The quantitative estimate of drug-likeness (QED) is 0.801. The van der Waals surface area contributed by atoms with Crippen LogP contribution >= 0.6 is 23.4 Å². The molecule has 1 heterocycles. The van der Waals surface area contributed by atoms with Crippen molar-refractivity contribution in [2.24, 2.45) is 0 Å². The molecule has 1 aromatic carbocycles. The second-order valence-electron chi connectivity index (χ2n) is 5.47. The summed E-state index contributed by atoms with van der Waals surface area (Å²) >= 11 is 7.73. The molecule has 1 aromatic rings. The van der Waals surface area contributed by atoms with Gasteiger partial charge in [-0.05, 0) is 13.0 Å². The molecule has 0 radical (unpaired) electrons. The van der Waals surface area contributed by atoms with Gasteiger partial charge in [0.15, 0.2) is 6.54 Å². The first-order valence-corrected chi connectivity index (χ1v) is 9.00. The van der Waals surface area contributed by atoms with E-state index in [0.29, 0.717) is 24.7 Å². The van der Waals surface area contributed by atoms with Crippen molar-refractivity contribution < 1.29 is 19.6 Å². The highest BCUT2D eigenvalue weighted by Crippen LogP contribution is 2.20. The minimum Gasteiger partial charge on any atom is -0.468 e. The third-order valence-corrected chi connectivity index (χ3v) is 5.43. The molecule has 23 heavy (non-hydrogen) atoms. The van der Waals surface area contributed by atoms with Gasteiger partial charge < -0.3 is 15.0 Å². The van der Waals surface area contributed by atoms with E-state index in [4.69, 9.17) is 16.3 Å². The number of ether oxygens (including phenoxy) is 1. The number of amides is 1. The van der Waals surface area contributed by atoms with Crippen LogP contribution in [-0.4, -0.2) is 54.5 Å². The van der Waals surface area contributed by atoms with Gasteiger partial charge >= 0.3 is 5.97 Å². The molecule has 1 aliphatic rings. The fourth-order valence-electron chi connectivity index (χ4n) is 2.53. The summed E-state index contributed by atoms with van der Waals surface area (Å²) in [5.41, 5.74) is 1.02. The van der Waals surface area contributed by atoms with Crippen molar-refractivity contribution in [3.8, 4) is 0 Å². The Morgan fingerprint density at radius 1 is 1.48 bits per heavy atom. The van der Waals surface area contributed by atoms with Crippen LogP contribution in [0, 0.1) is 0 Å². The van der Waals surface area contributed by atoms with Crippen molar-refractivity contribution in [2.75, 3.05) is 32.5 Å². The SMILES string of the molecule is COC(=O)[C@@H]1CN(C(=O)C[NH2+][C@H](C)c2ccccc2Cl)CCS1. The van der Waals surface area contributed by atoms with Crippen LogP contribution in [0.2, 0.25) is 5.02 Å². The van der Waals surface area contributed by atoms with Crippen LogP contribution in [0.15, 0.2) is 24.3 Å². The molecule has 0 aromatic heterocycles. The zero-order chi connectivity index (χ0) is 16.8. The van der Waals surface area contributed by atoms with Gasteiger partial charge in [-0.2, -0.15) is 0 Å². The summed E-state index contributed by atoms with van der Waals surface area (Å²) in [6, 6.07) is 7.76. The average Bonchev–Trinajstić information content (AvgIpc) is 2.59. The highest BCUT2D eigenvalue weighted by molar-refractivity contribution is 8.00. The van der Waals surface area contributed by atoms with Gasteiger partial charge in [0, 0.05) is 29.4 Å². The van der Waals surface area contributed by atoms with Crippen LogP contribution in [-0.2, 0) is 14.3 Å². The van der Waals surface area contributed by atoms with Gasteiger partial charge in [0.25, 0.3) is 5.91 Å². The molecule has 2 N–H and O–H groups in total. The van der Waals surface area contributed by atoms with E-state index in [9.17, 15) is 9.59 Å². The van der Waals surface area contributed by atoms with Gasteiger partial charge in [0.05, 0.1) is 7.11 Å². The van der Waals surface area contributed by atoms with Gasteiger partial charge in [-0.1, -0.05) is 29.8 Å². The number of halogens is 1. The van der Waals surface area contributed by atoms with Gasteiger partial charge in [0.2, 0.25) is 0 Å². The number of carbonyl (C=O) groups excluding carboxylic acids is 2. The third kappa shape index (κ3) is 4.86. The summed E-state index contributed by atoms with van der Waals surface area (Å²) in [5, 5.41) is 2.40. The first-order valence-electron chi connectivity index (χ1n) is 7.58. The fourth-order valence-corrected chi connectivity index (χ4v) is 3.96. The predicted molar refractivity (Wildman–Crippen MR) is 91.5 cm³/mol. The molecule has 2 rings (SSSR count). The van der Waals surface area contributed by atoms with E-state index < -0.39 is 0 Å². The molecular formula is C16H22ClN2O3S+. The molecule has 1 amide bonds. The summed E-state index contributed by atoms with van der Waals surface area (Å²) in [6.45, 7) is 3.46. The molecule has 1 fully saturated rings. The summed E-state index contributed by atoms with van der Waals surface area (Å²) in [4.78, 5) is 25.7. The maximum Gasteiger partial charge on any atom is 0.320 e. The van der Waals surface area contributed by atoms with Crippen LogP contribution in [0.4, 0.5) is 0 Å². The van der Waals surface area contributed by atoms with E-state index in [1.165, 1.54) is 7.11 Å². The van der Waals surface area contributed by atoms with E-state index in [2.05, 4.69) is 0 Å². The minimum absolute atomic E-state index is 0.0399. The zero-order valence-electron chi connectivity index (χ0n) is 13.3. The number of esters is 1. The van der Waals surface area contributed by atoms with Crippen LogP contribution in [0.25, 0.3) is 0 Å². The van der Waals surface area contributed by atoms with Crippen molar-refractivity contribution in [2.45, 2.75) is 18.2 Å². The molecule has 7 heteroatoms. The second-order valence-corrected chi connectivity index (χ2v) is 7.19. The van der Waals surface area contributed by atoms with E-state index in [1.54, 1.807) is 16.7 Å². The standard InChI is InChI=1S/C16H21ClN2O3S/c1-11(12-5-3-4-6-13(12)17)18-9-15(20)19-7-8-23-14(10-19)16(21)22-2/h3-6,11,14,18H,7-10H2,1-2H3/p+1/t11-,14+/m1/s1. The number of hydrogen-bond donors (Lipinski definition) is 1. The summed E-state index contributed by atoms with van der Waals surface area (Å²) in [7, 11) is 1.38. The number of quaternary nitrogens is 1. The van der Waals surface area contributed by atoms with E-state index in [0.717, 1.165) is 11.3 Å². The third-order valence-electron chi connectivity index (χ3n) is 3.93. The monoisotopic (exact) mass is 357 g/mol. The molecular weight excluding hydrogens is 336 g/mol. The maximum atomic E-state index is 12.4. The normalized spacial score (nSPS) is 19.3. The Bertz CT molecular complexity index is 570. The Morgan fingerprint density at radius 2 is 2.22 bits per heavy atom. The molecule has 2 atom stereocenters. The lowest BCUT2D eigenvalue weighted by Crippen LogP contribution is -2.87. The van der Waals surface area contributed by atoms with Gasteiger partial charge in [-0.3, -0.25) is 9.59 Å². The van der Waals surface area contributed by atoms with Crippen molar-refractivity contribution in [3.05, 3.63) is 34.9 Å². The molecule has 0 aliphatic carbocycles. The average molecular weight is 358 g/mol. The number of methoxy groups -OCH3 is 1. The number of nitrogens with zero attached hydrogens (tertiary/aromatic N) is 1. The molecule has 1 saturated heterocycles. The smallest absolute Gasteiger partial charge is 0.320 e. The Kier molecular flexibility index (Phi) is 6.74. The number of rotatable bonds is 5. The Hall–Kier alpha value is -1.24. The molecule has 5 nitrogen and oxygen atoms in total. The summed E-state index contributed by atoms with van der Waals surface area (Å²) in [5.74, 6) is 0.532. The lowest BCUT2D eigenvalue weighted by molar-refractivity contribution is -0.683. The van der Waals surface area contributed by atoms with E-state index >= 15 is 0 Å². The van der Waals surface area contributed by atoms with Gasteiger partial charge in [-0.15, -0.1) is 11.8 Å². The van der Waals surface area contributed by atoms with E-state index in [1.807, 2.05) is 36.5 Å². The number of nitrogens with two attached hydrogens (primary N) is 1. The maximum absolute atomic E-state index is 12.4. The topological polar surface area (TPSA) is 63.2 Å². The van der Waals surface area contributed by atoms with Crippen molar-refractivity contribution in [1.29, 1.82) is 0 Å². The summed E-state index contributed by atoms with van der Waals surface area (Å²) in [6.07, 6.45) is 0. The van der Waals surface area contributed by atoms with Crippen LogP contribution < -0.4 is 5.32 Å². The van der Waals surface area contributed by atoms with Crippen molar-refractivity contribution in [3.63, 3.8) is 0 Å². The highest BCUT2D eigenvalue weighted by Gasteiger charge is 2.30. The molecule has 0 spiro atoms. The lowest BCUT2D eigenvalue weighted by Gasteiger charge is -2.30. The Labute approximate surface area is 145 Å². The lowest BCUT2D eigenvalue weighted by atomic mass is 10.1. The highest BCUT2D eigenvalue weighted by atomic mass is 35.5. The number of carbonyl (C=O) groups is 2. The second kappa shape index (κ2) is 8.57. The first kappa shape index (κ1) is 18.1. The molecule has 1 aliphatic heterocycles. The first-order chi connectivity index (χ1) is 11.0. The Morgan fingerprint density at radius 3 is 2.91 bits per heavy atom. The fraction of sp³-hybridized carbons (Fsp3) is 0.500. The van der Waals surface area contributed by atoms with Gasteiger partial charge in [0.1, 0.15) is 11.3 Å². The zero-order valence-corrected chi connectivity index (χ0v) is 14.9. The minimum atomic E-state index is -0.279. The molecule has 0 unspecified atom stereocenters. The number of benzene rings is 1. The van der Waals surface area contributed by atoms with Gasteiger partial charge in [-0.25, -0.2) is 0 Å². The predicted octanol–water partition coefficient (Wildman–Crippen LogP) is 1.08. The molecule has 0 saturated carbocycles. The molecule has 0 bridgehead atoms. The Balaban J connectivity index is 1.87. The van der Waals surface area contributed by atoms with Crippen LogP contribution in [0.3, 0.4) is 0 Å². The number of thioether (sulfide) groups is 1. The van der Waals surface area contributed by atoms with Crippen LogP contribution in [0.5, 0.6) is 0 Å². The van der Waals surface area contributed by atoms with E-state index in [-0.39, 0.29) is 23.2 Å². The summed E-state index contributed by atoms with van der Waals surface area (Å²) < 4.78 is 4.77. The van der Waals surface area contributed by atoms with Crippen molar-refractivity contribution >= 4 is 35.2 Å². The van der Waals surface area contributed by atoms with Crippen molar-refractivity contribution in [1.82, 2.24) is 4.90 Å². The molecule has 126 valence electrons.